The van der Waals surface area contributed by atoms with Gasteiger partial charge in [0.05, 0.1) is 27.8 Å². The van der Waals surface area contributed by atoms with Crippen LogP contribution in [-0.2, 0) is 24.1 Å². The Morgan fingerprint density at radius 1 is 1.03 bits per heavy atom. The second kappa shape index (κ2) is 10.2. The summed E-state index contributed by atoms with van der Waals surface area (Å²) in [6.07, 6.45) is -2.33. The average Bonchev–Trinajstić information content (AvgIpc) is 3.33. The summed E-state index contributed by atoms with van der Waals surface area (Å²) in [4.78, 5) is 60.7. The van der Waals surface area contributed by atoms with Crippen LogP contribution in [0, 0.1) is 0 Å². The minimum Gasteiger partial charge on any atom is -0.480 e. The third-order valence-electron chi connectivity index (χ3n) is 5.54. The van der Waals surface area contributed by atoms with Gasteiger partial charge in [0.2, 0.25) is 0 Å². The summed E-state index contributed by atoms with van der Waals surface area (Å²) in [6.45, 7) is -1.07. The number of carbonyl (C=O) groups excluding carboxylic acids is 1. The highest BCUT2D eigenvalue weighted by Crippen LogP contribution is 2.36. The molecule has 0 unspecified atom stereocenters. The van der Waals surface area contributed by atoms with E-state index in [1.54, 1.807) is 0 Å². The Kier molecular flexibility index (Phi) is 6.99. The number of benzene rings is 2. The van der Waals surface area contributed by atoms with E-state index in [2.05, 4.69) is 15.6 Å². The Hall–Kier alpha value is -5.34. The van der Waals surface area contributed by atoms with Crippen LogP contribution in [0.4, 0.5) is 23.7 Å². The van der Waals surface area contributed by atoms with Crippen molar-refractivity contribution in [2.24, 2.45) is 0 Å². The average molecular weight is 545 g/mol. The largest absolute Gasteiger partial charge is 0.480 e. The molecule has 39 heavy (non-hydrogen) atoms. The molecule has 0 bridgehead atoms. The standard InChI is InChI=1S/C24H18F3N5O7/c25-24(26,27)15-7-16-18(32(11-19(33)34)21(36)20(35)30-16)8-17(15)31-5-4-12(10-31)9-28-23(39)29-14-3-1-2-13(6-14)22(37)38/h1-8,10H,9,11H2,(H,30,35)(H,33,34)(H,37,38)(H2,28,29,39). The van der Waals surface area contributed by atoms with Crippen LogP contribution in [0.15, 0.2) is 64.4 Å². The zero-order chi connectivity index (χ0) is 28.5. The number of fused-ring (bicyclic) bond motifs is 1. The van der Waals surface area contributed by atoms with Gasteiger partial charge >= 0.3 is 35.3 Å². The number of amides is 2. The molecule has 4 aromatic rings. The zero-order valence-electron chi connectivity index (χ0n) is 19.6. The van der Waals surface area contributed by atoms with Crippen LogP contribution in [-0.4, -0.2) is 42.3 Å². The van der Waals surface area contributed by atoms with Crippen molar-refractivity contribution in [3.8, 4) is 5.69 Å². The molecule has 0 aliphatic carbocycles. The van der Waals surface area contributed by atoms with E-state index >= 15 is 0 Å². The van der Waals surface area contributed by atoms with E-state index in [1.807, 2.05) is 0 Å². The van der Waals surface area contributed by atoms with Crippen LogP contribution in [0.5, 0.6) is 0 Å². The lowest BCUT2D eigenvalue weighted by Crippen LogP contribution is -2.38. The summed E-state index contributed by atoms with van der Waals surface area (Å²) in [5.74, 6) is -2.66. The van der Waals surface area contributed by atoms with E-state index < -0.39 is 53.1 Å². The van der Waals surface area contributed by atoms with Crippen molar-refractivity contribution >= 4 is 34.7 Å². The van der Waals surface area contributed by atoms with Crippen molar-refractivity contribution in [1.82, 2.24) is 19.4 Å². The van der Waals surface area contributed by atoms with Gasteiger partial charge < -0.3 is 30.4 Å². The quantitative estimate of drug-likeness (QED) is 0.222. The molecule has 0 aliphatic rings. The maximum atomic E-state index is 13.9. The number of aromatic amines is 1. The molecule has 2 aromatic heterocycles. The molecule has 2 amide bonds. The van der Waals surface area contributed by atoms with E-state index in [9.17, 15) is 37.1 Å². The summed E-state index contributed by atoms with van der Waals surface area (Å²) in [5.41, 5.74) is -4.21. The molecule has 0 spiro atoms. The number of anilines is 1. The molecule has 0 radical (unpaired) electrons. The smallest absolute Gasteiger partial charge is 0.418 e. The summed E-state index contributed by atoms with van der Waals surface area (Å²) < 4.78 is 43.4. The monoisotopic (exact) mass is 545 g/mol. The molecular weight excluding hydrogens is 527 g/mol. The second-order valence-electron chi connectivity index (χ2n) is 8.24. The van der Waals surface area contributed by atoms with Gasteiger partial charge in [0.1, 0.15) is 6.54 Å². The molecule has 0 saturated heterocycles. The molecule has 2 heterocycles. The Labute approximate surface area is 214 Å². The van der Waals surface area contributed by atoms with Gasteiger partial charge in [-0.1, -0.05) is 6.07 Å². The topological polar surface area (TPSA) is 176 Å². The second-order valence-corrected chi connectivity index (χ2v) is 8.24. The maximum absolute atomic E-state index is 13.9. The lowest BCUT2D eigenvalue weighted by atomic mass is 10.1. The fourth-order valence-electron chi connectivity index (χ4n) is 3.82. The third kappa shape index (κ3) is 5.82. The number of halogens is 3. The van der Waals surface area contributed by atoms with Crippen LogP contribution in [0.2, 0.25) is 0 Å². The third-order valence-corrected chi connectivity index (χ3v) is 5.54. The van der Waals surface area contributed by atoms with Crippen LogP contribution in [0.1, 0.15) is 21.5 Å². The molecule has 4 rings (SSSR count). The summed E-state index contributed by atoms with van der Waals surface area (Å²) in [7, 11) is 0. The first-order valence-corrected chi connectivity index (χ1v) is 11.0. The van der Waals surface area contributed by atoms with Gasteiger partial charge in [-0.15, -0.1) is 0 Å². The number of aromatic carboxylic acids is 1. The molecule has 0 fully saturated rings. The lowest BCUT2D eigenvalue weighted by molar-refractivity contribution is -0.138. The summed E-state index contributed by atoms with van der Waals surface area (Å²) in [6, 6.07) is 7.77. The molecule has 5 N–H and O–H groups in total. The molecule has 0 saturated carbocycles. The number of H-pyrrole nitrogens is 1. The summed E-state index contributed by atoms with van der Waals surface area (Å²) in [5, 5.41) is 23.1. The number of rotatable bonds is 7. The molecule has 0 atom stereocenters. The molecule has 15 heteroatoms. The number of carboxylic acid groups (broad SMARTS) is 2. The van der Waals surface area contributed by atoms with Crippen LogP contribution < -0.4 is 21.8 Å². The van der Waals surface area contributed by atoms with E-state index in [1.165, 1.54) is 42.7 Å². The number of hydrogen-bond donors (Lipinski definition) is 5. The van der Waals surface area contributed by atoms with Gasteiger partial charge in [0, 0.05) is 24.6 Å². The van der Waals surface area contributed by atoms with E-state index in [-0.39, 0.29) is 28.8 Å². The lowest BCUT2D eigenvalue weighted by Gasteiger charge is -2.17. The van der Waals surface area contributed by atoms with Gasteiger partial charge in [-0.05, 0) is 42.0 Å². The number of hydrogen-bond acceptors (Lipinski definition) is 5. The predicted molar refractivity (Wildman–Crippen MR) is 130 cm³/mol. The van der Waals surface area contributed by atoms with Gasteiger partial charge in [0.15, 0.2) is 0 Å². The number of nitrogens with zero attached hydrogens (tertiary/aromatic N) is 2. The van der Waals surface area contributed by atoms with Crippen molar-refractivity contribution < 1.29 is 37.8 Å². The van der Waals surface area contributed by atoms with Gasteiger partial charge in [-0.3, -0.25) is 19.0 Å². The first-order chi connectivity index (χ1) is 18.3. The first kappa shape index (κ1) is 26.7. The van der Waals surface area contributed by atoms with Crippen molar-refractivity contribution in [2.45, 2.75) is 19.3 Å². The Morgan fingerprint density at radius 3 is 2.44 bits per heavy atom. The fourth-order valence-corrected chi connectivity index (χ4v) is 3.82. The number of carboxylic acids is 2. The molecule has 12 nitrogen and oxygen atoms in total. The van der Waals surface area contributed by atoms with Crippen molar-refractivity contribution in [1.29, 1.82) is 0 Å². The molecule has 0 aliphatic heterocycles. The van der Waals surface area contributed by atoms with Crippen molar-refractivity contribution in [3.05, 3.63) is 92.3 Å². The van der Waals surface area contributed by atoms with Crippen LogP contribution in [0.3, 0.4) is 0 Å². The molecule has 2 aromatic carbocycles. The minimum absolute atomic E-state index is 0.0430. The highest BCUT2D eigenvalue weighted by atomic mass is 19.4. The van der Waals surface area contributed by atoms with E-state index in [4.69, 9.17) is 10.2 Å². The normalized spacial score (nSPS) is 11.4. The number of alkyl halides is 3. The number of aliphatic carboxylic acids is 1. The Bertz CT molecular complexity index is 1740. The number of nitrogens with one attached hydrogen (secondary N) is 3. The highest BCUT2D eigenvalue weighted by Gasteiger charge is 2.35. The molecule has 202 valence electrons. The van der Waals surface area contributed by atoms with Gasteiger partial charge in [-0.2, -0.15) is 13.2 Å². The Balaban J connectivity index is 1.64. The van der Waals surface area contributed by atoms with Crippen molar-refractivity contribution in [3.63, 3.8) is 0 Å². The van der Waals surface area contributed by atoms with Crippen LogP contribution >= 0.6 is 0 Å². The number of carbonyl (C=O) groups is 3. The first-order valence-electron chi connectivity index (χ1n) is 11.0. The number of urea groups is 1. The highest BCUT2D eigenvalue weighted by molar-refractivity contribution is 5.93. The predicted octanol–water partition coefficient (Wildman–Crippen LogP) is 2.60. The van der Waals surface area contributed by atoms with Gasteiger partial charge in [-0.25, -0.2) is 9.59 Å². The van der Waals surface area contributed by atoms with Crippen LogP contribution in [0.25, 0.3) is 16.7 Å². The van der Waals surface area contributed by atoms with Crippen molar-refractivity contribution in [2.75, 3.05) is 5.32 Å². The van der Waals surface area contributed by atoms with Gasteiger partial charge in [0.25, 0.3) is 0 Å². The van der Waals surface area contributed by atoms with E-state index in [0.717, 1.165) is 10.6 Å². The number of aromatic nitrogens is 3. The molecular formula is C24H18F3N5O7. The summed E-state index contributed by atoms with van der Waals surface area (Å²) >= 11 is 0. The SMILES string of the molecule is O=C(O)Cn1c(=O)c(=O)[nH]c2cc(C(F)(F)F)c(-n3ccc(CNC(=O)Nc4cccc(C(=O)O)c4)c3)cc21. The minimum atomic E-state index is -4.89. The zero-order valence-corrected chi connectivity index (χ0v) is 19.6. The Morgan fingerprint density at radius 2 is 1.77 bits per heavy atom. The maximum Gasteiger partial charge on any atom is 0.418 e. The fraction of sp³-hybridized carbons (Fsp3) is 0.125. The van der Waals surface area contributed by atoms with E-state index in [0.29, 0.717) is 16.2 Å².